The number of esters is 1. The molecule has 3 heteroatoms. The summed E-state index contributed by atoms with van der Waals surface area (Å²) in [6.07, 6.45) is 2.27. The number of ether oxygens (including phenoxy) is 1. The SMILES string of the molecule is CCOC(=O)CCC(=O)C(CC)CC. The van der Waals surface area contributed by atoms with E-state index in [0.29, 0.717) is 13.0 Å². The minimum atomic E-state index is -0.271. The van der Waals surface area contributed by atoms with Gasteiger partial charge in [0.15, 0.2) is 0 Å². The van der Waals surface area contributed by atoms with Gasteiger partial charge in [-0.3, -0.25) is 9.59 Å². The van der Waals surface area contributed by atoms with E-state index in [1.165, 1.54) is 0 Å². The van der Waals surface area contributed by atoms with Crippen molar-refractivity contribution in [3.05, 3.63) is 0 Å². The van der Waals surface area contributed by atoms with Crippen LogP contribution in [0, 0.1) is 5.92 Å². The van der Waals surface area contributed by atoms with E-state index in [1.807, 2.05) is 13.8 Å². The van der Waals surface area contributed by atoms with E-state index >= 15 is 0 Å². The summed E-state index contributed by atoms with van der Waals surface area (Å²) in [5.41, 5.74) is 0. The topological polar surface area (TPSA) is 43.4 Å². The first-order chi connectivity index (χ1) is 6.65. The molecule has 0 spiro atoms. The molecule has 0 aliphatic rings. The van der Waals surface area contributed by atoms with Gasteiger partial charge in [-0.15, -0.1) is 0 Å². The van der Waals surface area contributed by atoms with Gasteiger partial charge in [0, 0.05) is 12.3 Å². The Hall–Kier alpha value is -0.860. The van der Waals surface area contributed by atoms with Crippen LogP contribution in [0.1, 0.15) is 46.5 Å². The molecular formula is C11H20O3. The fourth-order valence-electron chi connectivity index (χ4n) is 1.41. The molecule has 0 rings (SSSR count). The van der Waals surface area contributed by atoms with E-state index in [4.69, 9.17) is 4.74 Å². The van der Waals surface area contributed by atoms with Gasteiger partial charge in [0.1, 0.15) is 5.78 Å². The highest BCUT2D eigenvalue weighted by molar-refractivity contribution is 5.84. The molecule has 0 N–H and O–H groups in total. The quantitative estimate of drug-likeness (QED) is 0.592. The summed E-state index contributed by atoms with van der Waals surface area (Å²) in [6, 6.07) is 0. The Morgan fingerprint density at radius 2 is 1.64 bits per heavy atom. The summed E-state index contributed by atoms with van der Waals surface area (Å²) < 4.78 is 4.75. The molecule has 0 aromatic rings. The molecule has 0 amide bonds. The number of carbonyl (C=O) groups excluding carboxylic acids is 2. The normalized spacial score (nSPS) is 10.3. The van der Waals surface area contributed by atoms with Crippen LogP contribution >= 0.6 is 0 Å². The van der Waals surface area contributed by atoms with Crippen molar-refractivity contribution in [3.63, 3.8) is 0 Å². The summed E-state index contributed by atoms with van der Waals surface area (Å²) in [7, 11) is 0. The van der Waals surface area contributed by atoms with Crippen molar-refractivity contribution in [3.8, 4) is 0 Å². The van der Waals surface area contributed by atoms with Crippen molar-refractivity contribution in [1.82, 2.24) is 0 Å². The summed E-state index contributed by atoms with van der Waals surface area (Å²) in [5.74, 6) is 0.0271. The Morgan fingerprint density at radius 1 is 1.07 bits per heavy atom. The molecule has 0 atom stereocenters. The molecule has 0 bridgehead atoms. The van der Waals surface area contributed by atoms with Gasteiger partial charge in [-0.2, -0.15) is 0 Å². The van der Waals surface area contributed by atoms with Gasteiger partial charge in [0.2, 0.25) is 0 Å². The van der Waals surface area contributed by atoms with Gasteiger partial charge < -0.3 is 4.74 Å². The lowest BCUT2D eigenvalue weighted by Crippen LogP contribution is -2.15. The molecule has 0 heterocycles. The van der Waals surface area contributed by atoms with Crippen molar-refractivity contribution < 1.29 is 14.3 Å². The van der Waals surface area contributed by atoms with Crippen LogP contribution in [0.15, 0.2) is 0 Å². The van der Waals surface area contributed by atoms with Crippen LogP contribution in [0.3, 0.4) is 0 Å². The van der Waals surface area contributed by atoms with Crippen LogP contribution in [-0.2, 0) is 14.3 Å². The molecule has 0 aromatic carbocycles. The van der Waals surface area contributed by atoms with Crippen LogP contribution in [0.25, 0.3) is 0 Å². The van der Waals surface area contributed by atoms with Crippen molar-refractivity contribution in [2.24, 2.45) is 5.92 Å². The third-order valence-corrected chi connectivity index (χ3v) is 2.32. The van der Waals surface area contributed by atoms with Crippen LogP contribution in [0.5, 0.6) is 0 Å². The van der Waals surface area contributed by atoms with Crippen LogP contribution in [0.4, 0.5) is 0 Å². The van der Waals surface area contributed by atoms with E-state index in [2.05, 4.69) is 0 Å². The maximum Gasteiger partial charge on any atom is 0.306 e. The highest BCUT2D eigenvalue weighted by Gasteiger charge is 2.15. The third kappa shape index (κ3) is 5.00. The molecule has 0 aromatic heterocycles. The summed E-state index contributed by atoms with van der Waals surface area (Å²) in [5, 5.41) is 0. The van der Waals surface area contributed by atoms with Gasteiger partial charge in [-0.1, -0.05) is 13.8 Å². The molecule has 0 aliphatic heterocycles. The zero-order valence-electron chi connectivity index (χ0n) is 9.34. The summed E-state index contributed by atoms with van der Waals surface area (Å²) in [4.78, 5) is 22.5. The van der Waals surface area contributed by atoms with Gasteiger partial charge >= 0.3 is 5.97 Å². The molecule has 0 saturated heterocycles. The number of rotatable bonds is 7. The number of carbonyl (C=O) groups is 2. The second-order valence-corrected chi connectivity index (χ2v) is 3.28. The van der Waals surface area contributed by atoms with E-state index < -0.39 is 0 Å². The first-order valence-electron chi connectivity index (χ1n) is 5.33. The van der Waals surface area contributed by atoms with Crippen molar-refractivity contribution in [2.45, 2.75) is 46.5 Å². The average Bonchev–Trinajstić information content (AvgIpc) is 2.17. The van der Waals surface area contributed by atoms with Gasteiger partial charge in [-0.25, -0.2) is 0 Å². The number of Topliss-reactive ketones (excluding diaryl/α,β-unsaturated/α-hetero) is 1. The van der Waals surface area contributed by atoms with E-state index in [1.54, 1.807) is 6.92 Å². The molecule has 0 fully saturated rings. The molecule has 14 heavy (non-hydrogen) atoms. The van der Waals surface area contributed by atoms with Gasteiger partial charge in [-0.05, 0) is 19.8 Å². The lowest BCUT2D eigenvalue weighted by Gasteiger charge is -2.09. The first kappa shape index (κ1) is 13.1. The van der Waals surface area contributed by atoms with E-state index in [0.717, 1.165) is 12.8 Å². The Labute approximate surface area is 85.8 Å². The number of hydrogen-bond donors (Lipinski definition) is 0. The van der Waals surface area contributed by atoms with E-state index in [9.17, 15) is 9.59 Å². The summed E-state index contributed by atoms with van der Waals surface area (Å²) >= 11 is 0. The fourth-order valence-corrected chi connectivity index (χ4v) is 1.41. The Balaban J connectivity index is 3.77. The first-order valence-corrected chi connectivity index (χ1v) is 5.33. The zero-order valence-corrected chi connectivity index (χ0v) is 9.34. The maximum atomic E-state index is 11.5. The third-order valence-electron chi connectivity index (χ3n) is 2.32. The van der Waals surface area contributed by atoms with Crippen LogP contribution in [-0.4, -0.2) is 18.4 Å². The lowest BCUT2D eigenvalue weighted by atomic mass is 9.95. The second kappa shape index (κ2) is 7.54. The minimum absolute atomic E-state index is 0.115. The lowest BCUT2D eigenvalue weighted by molar-refractivity contribution is -0.144. The molecule has 3 nitrogen and oxygen atoms in total. The highest BCUT2D eigenvalue weighted by Crippen LogP contribution is 2.12. The largest absolute Gasteiger partial charge is 0.466 e. The predicted molar refractivity (Wildman–Crippen MR) is 54.9 cm³/mol. The highest BCUT2D eigenvalue weighted by atomic mass is 16.5. The average molecular weight is 200 g/mol. The zero-order chi connectivity index (χ0) is 11.0. The molecule has 0 radical (unpaired) electrons. The van der Waals surface area contributed by atoms with Crippen LogP contribution in [0.2, 0.25) is 0 Å². The minimum Gasteiger partial charge on any atom is -0.466 e. The predicted octanol–water partition coefficient (Wildman–Crippen LogP) is 2.33. The fraction of sp³-hybridized carbons (Fsp3) is 0.818. The summed E-state index contributed by atoms with van der Waals surface area (Å²) in [6.45, 7) is 6.14. The molecule has 0 saturated carbocycles. The Kier molecular flexibility index (Phi) is 7.07. The Morgan fingerprint density at radius 3 is 2.07 bits per heavy atom. The molecule has 0 unspecified atom stereocenters. The van der Waals surface area contributed by atoms with Crippen molar-refractivity contribution in [1.29, 1.82) is 0 Å². The molecular weight excluding hydrogens is 180 g/mol. The van der Waals surface area contributed by atoms with Crippen molar-refractivity contribution >= 4 is 11.8 Å². The second-order valence-electron chi connectivity index (χ2n) is 3.28. The van der Waals surface area contributed by atoms with Gasteiger partial charge in [0.25, 0.3) is 0 Å². The van der Waals surface area contributed by atoms with E-state index in [-0.39, 0.29) is 24.1 Å². The molecule has 82 valence electrons. The monoisotopic (exact) mass is 200 g/mol. The van der Waals surface area contributed by atoms with Crippen LogP contribution < -0.4 is 0 Å². The smallest absolute Gasteiger partial charge is 0.306 e. The van der Waals surface area contributed by atoms with Crippen molar-refractivity contribution in [2.75, 3.05) is 6.61 Å². The standard InChI is InChI=1S/C11H20O3/c1-4-9(5-2)10(12)7-8-11(13)14-6-3/h9H,4-8H2,1-3H3. The maximum absolute atomic E-state index is 11.5. The van der Waals surface area contributed by atoms with Gasteiger partial charge in [0.05, 0.1) is 13.0 Å². The number of hydrogen-bond acceptors (Lipinski definition) is 3. The number of ketones is 1. The Bertz CT molecular complexity index is 183. The molecule has 0 aliphatic carbocycles.